The number of rotatable bonds is 8. The molecule has 2 aromatic rings. The molecule has 0 saturated carbocycles. The van der Waals surface area contributed by atoms with E-state index in [1.807, 2.05) is 38.1 Å². The zero-order valence-corrected chi connectivity index (χ0v) is 17.5. The van der Waals surface area contributed by atoms with Crippen LogP contribution in [0.4, 0.5) is 0 Å². The fraction of sp³-hybridized carbons (Fsp3) is 0.409. The number of aromatic amines is 1. The van der Waals surface area contributed by atoms with Gasteiger partial charge in [-0.1, -0.05) is 36.8 Å². The first kappa shape index (κ1) is 22.2. The highest BCUT2D eigenvalue weighted by atomic mass is 16.5. The molecule has 0 bridgehead atoms. The van der Waals surface area contributed by atoms with E-state index in [1.165, 1.54) is 0 Å². The van der Waals surface area contributed by atoms with E-state index in [0.29, 0.717) is 17.7 Å². The summed E-state index contributed by atoms with van der Waals surface area (Å²) >= 11 is 0. The van der Waals surface area contributed by atoms with Gasteiger partial charge in [-0.05, 0) is 45.2 Å². The van der Waals surface area contributed by atoms with Gasteiger partial charge in [0.25, 0.3) is 5.91 Å². The molecular weight excluding hydrogens is 372 g/mol. The topological polar surface area (TPSA) is 97.5 Å². The maximum absolute atomic E-state index is 12.5. The van der Waals surface area contributed by atoms with Crippen LogP contribution in [0.2, 0.25) is 0 Å². The Morgan fingerprint density at radius 1 is 1.00 bits per heavy atom. The van der Waals surface area contributed by atoms with E-state index in [4.69, 9.17) is 9.47 Å². The van der Waals surface area contributed by atoms with Crippen LogP contribution < -0.4 is 5.32 Å². The van der Waals surface area contributed by atoms with E-state index in [2.05, 4.69) is 10.3 Å². The van der Waals surface area contributed by atoms with Crippen molar-refractivity contribution in [1.82, 2.24) is 10.3 Å². The normalized spacial score (nSPS) is 11.6. The molecular formula is C22H28N2O5. The second-order valence-corrected chi connectivity index (χ2v) is 6.86. The molecule has 29 heavy (non-hydrogen) atoms. The van der Waals surface area contributed by atoms with Crippen molar-refractivity contribution < 1.29 is 23.9 Å². The number of hydrogen-bond donors (Lipinski definition) is 2. The van der Waals surface area contributed by atoms with E-state index >= 15 is 0 Å². The minimum atomic E-state index is -0.662. The number of esters is 2. The van der Waals surface area contributed by atoms with Crippen molar-refractivity contribution >= 4 is 17.8 Å². The summed E-state index contributed by atoms with van der Waals surface area (Å²) in [4.78, 5) is 39.6. The average molecular weight is 400 g/mol. The number of aromatic nitrogens is 1. The number of aryl methyl sites for hydroxylation is 2. The molecule has 7 heteroatoms. The van der Waals surface area contributed by atoms with Crippen molar-refractivity contribution in [2.45, 2.75) is 47.1 Å². The smallest absolute Gasteiger partial charge is 0.355 e. The Morgan fingerprint density at radius 2 is 1.66 bits per heavy atom. The highest BCUT2D eigenvalue weighted by Gasteiger charge is 2.24. The SMILES string of the molecule is CCOC(=O)c1[nH]c(C)c(C(=O)OCC(=O)N[C@H](CC)c2ccc(C)cc2)c1C. The Morgan fingerprint density at radius 3 is 2.24 bits per heavy atom. The number of H-pyrrole nitrogens is 1. The first-order valence-electron chi connectivity index (χ1n) is 9.67. The Balaban J connectivity index is 2.00. The summed E-state index contributed by atoms with van der Waals surface area (Å²) in [6.07, 6.45) is 0.710. The Labute approximate surface area is 170 Å². The van der Waals surface area contributed by atoms with Crippen molar-refractivity contribution in [3.05, 3.63) is 57.9 Å². The summed E-state index contributed by atoms with van der Waals surface area (Å²) in [6, 6.07) is 7.76. The predicted octanol–water partition coefficient (Wildman–Crippen LogP) is 3.54. The number of ether oxygens (including phenoxy) is 2. The summed E-state index contributed by atoms with van der Waals surface area (Å²) in [5.74, 6) is -1.58. The van der Waals surface area contributed by atoms with Gasteiger partial charge in [-0.15, -0.1) is 0 Å². The van der Waals surface area contributed by atoms with Crippen molar-refractivity contribution in [2.24, 2.45) is 0 Å². The quantitative estimate of drug-likeness (QED) is 0.661. The molecule has 0 aliphatic heterocycles. The maximum Gasteiger partial charge on any atom is 0.355 e. The molecule has 2 rings (SSSR count). The maximum atomic E-state index is 12.5. The second kappa shape index (κ2) is 9.91. The third-order valence-corrected chi connectivity index (χ3v) is 4.68. The predicted molar refractivity (Wildman–Crippen MR) is 109 cm³/mol. The van der Waals surface area contributed by atoms with Crippen LogP contribution in [-0.4, -0.2) is 36.0 Å². The third-order valence-electron chi connectivity index (χ3n) is 4.68. The van der Waals surface area contributed by atoms with Crippen LogP contribution in [0.5, 0.6) is 0 Å². The Kier molecular flexibility index (Phi) is 7.59. The molecule has 0 aliphatic rings. The summed E-state index contributed by atoms with van der Waals surface area (Å²) in [5.41, 5.74) is 3.52. The van der Waals surface area contributed by atoms with Gasteiger partial charge in [0.2, 0.25) is 0 Å². The number of benzene rings is 1. The van der Waals surface area contributed by atoms with Crippen LogP contribution in [0.15, 0.2) is 24.3 Å². The van der Waals surface area contributed by atoms with Crippen LogP contribution in [0.3, 0.4) is 0 Å². The molecule has 156 valence electrons. The van der Waals surface area contributed by atoms with E-state index in [-0.39, 0.29) is 29.8 Å². The zero-order valence-electron chi connectivity index (χ0n) is 17.5. The zero-order chi connectivity index (χ0) is 21.6. The Hall–Kier alpha value is -3.09. The molecule has 0 saturated heterocycles. The van der Waals surface area contributed by atoms with E-state index in [9.17, 15) is 14.4 Å². The molecule has 1 aromatic heterocycles. The minimum absolute atomic E-state index is 0.159. The molecule has 1 atom stereocenters. The van der Waals surface area contributed by atoms with Gasteiger partial charge in [0.15, 0.2) is 6.61 Å². The van der Waals surface area contributed by atoms with Crippen LogP contribution in [-0.2, 0) is 14.3 Å². The van der Waals surface area contributed by atoms with Crippen molar-refractivity contribution in [2.75, 3.05) is 13.2 Å². The third kappa shape index (κ3) is 5.47. The molecule has 0 unspecified atom stereocenters. The summed E-state index contributed by atoms with van der Waals surface area (Å²) in [7, 11) is 0. The van der Waals surface area contributed by atoms with Crippen LogP contribution in [0.25, 0.3) is 0 Å². The summed E-state index contributed by atoms with van der Waals surface area (Å²) in [6.45, 7) is 8.81. The van der Waals surface area contributed by atoms with Crippen LogP contribution in [0.1, 0.15) is 69.5 Å². The lowest BCUT2D eigenvalue weighted by atomic mass is 10.0. The highest BCUT2D eigenvalue weighted by Crippen LogP contribution is 2.20. The van der Waals surface area contributed by atoms with Crippen molar-refractivity contribution in [1.29, 1.82) is 0 Å². The summed E-state index contributed by atoms with van der Waals surface area (Å²) < 4.78 is 10.2. The molecule has 0 radical (unpaired) electrons. The van der Waals surface area contributed by atoms with Gasteiger partial charge in [0, 0.05) is 5.69 Å². The number of carbonyl (C=O) groups is 3. The first-order chi connectivity index (χ1) is 13.8. The van der Waals surface area contributed by atoms with Crippen molar-refractivity contribution in [3.63, 3.8) is 0 Å². The molecule has 1 amide bonds. The number of amides is 1. The molecule has 2 N–H and O–H groups in total. The molecule has 1 aromatic carbocycles. The minimum Gasteiger partial charge on any atom is -0.461 e. The lowest BCUT2D eigenvalue weighted by molar-refractivity contribution is -0.125. The second-order valence-electron chi connectivity index (χ2n) is 6.86. The van der Waals surface area contributed by atoms with Gasteiger partial charge < -0.3 is 19.8 Å². The van der Waals surface area contributed by atoms with Gasteiger partial charge in [0.05, 0.1) is 18.2 Å². The molecule has 0 fully saturated rings. The first-order valence-corrected chi connectivity index (χ1v) is 9.67. The number of hydrogen-bond acceptors (Lipinski definition) is 5. The lowest BCUT2D eigenvalue weighted by Crippen LogP contribution is -2.32. The molecule has 7 nitrogen and oxygen atoms in total. The van der Waals surface area contributed by atoms with Gasteiger partial charge in [-0.25, -0.2) is 9.59 Å². The Bertz CT molecular complexity index is 883. The van der Waals surface area contributed by atoms with Gasteiger partial charge in [-0.3, -0.25) is 4.79 Å². The van der Waals surface area contributed by atoms with E-state index in [1.54, 1.807) is 20.8 Å². The van der Waals surface area contributed by atoms with Gasteiger partial charge >= 0.3 is 11.9 Å². The number of nitrogens with one attached hydrogen (secondary N) is 2. The van der Waals surface area contributed by atoms with E-state index in [0.717, 1.165) is 11.1 Å². The number of carbonyl (C=O) groups excluding carboxylic acids is 3. The monoisotopic (exact) mass is 400 g/mol. The highest BCUT2D eigenvalue weighted by molar-refractivity contribution is 5.99. The van der Waals surface area contributed by atoms with Crippen LogP contribution in [0, 0.1) is 20.8 Å². The largest absolute Gasteiger partial charge is 0.461 e. The van der Waals surface area contributed by atoms with Crippen molar-refractivity contribution in [3.8, 4) is 0 Å². The molecule has 0 aliphatic carbocycles. The van der Waals surface area contributed by atoms with Gasteiger partial charge in [0.1, 0.15) is 5.69 Å². The average Bonchev–Trinajstić information content (AvgIpc) is 2.99. The summed E-state index contributed by atoms with van der Waals surface area (Å²) in [5, 5.41) is 2.88. The standard InChI is InChI=1S/C22H28N2O5/c1-6-17(16-10-8-13(3)9-11-16)24-18(25)12-29-21(26)19-14(4)20(23-15(19)5)22(27)28-7-2/h8-11,17,23H,6-7,12H2,1-5H3,(H,24,25)/t17-/m1/s1. The lowest BCUT2D eigenvalue weighted by Gasteiger charge is -2.17. The molecule has 0 spiro atoms. The molecule has 1 heterocycles. The fourth-order valence-electron chi connectivity index (χ4n) is 3.12. The van der Waals surface area contributed by atoms with Crippen LogP contribution >= 0.6 is 0 Å². The van der Waals surface area contributed by atoms with E-state index < -0.39 is 18.5 Å². The van der Waals surface area contributed by atoms with Gasteiger partial charge in [-0.2, -0.15) is 0 Å². The fourth-order valence-corrected chi connectivity index (χ4v) is 3.12.